The summed E-state index contributed by atoms with van der Waals surface area (Å²) < 4.78 is 40.0. The molecule has 1 aliphatic heterocycles. The van der Waals surface area contributed by atoms with Crippen LogP contribution in [0.2, 0.25) is 0 Å². The van der Waals surface area contributed by atoms with Gasteiger partial charge in [-0.25, -0.2) is 12.8 Å². The number of hydrogen-bond donors (Lipinski definition) is 0. The van der Waals surface area contributed by atoms with E-state index >= 15 is 0 Å². The Balaban J connectivity index is 1.58. The zero-order chi connectivity index (χ0) is 22.6. The lowest BCUT2D eigenvalue weighted by molar-refractivity contribution is -0.131. The SMILES string of the molecule is Cc1ccc(S(=O)(=O)N(C)CC(=O)N2CCCN(Cc3ccc(F)cc3)CC2)cc1C. The van der Waals surface area contributed by atoms with Crippen molar-refractivity contribution in [1.29, 1.82) is 0 Å². The molecule has 1 amide bonds. The fraction of sp³-hybridized carbons (Fsp3) is 0.435. The number of likely N-dealkylation sites (N-methyl/N-ethyl adjacent to an activating group) is 1. The molecular weight excluding hydrogens is 417 g/mol. The Kier molecular flexibility index (Phi) is 7.46. The first-order valence-electron chi connectivity index (χ1n) is 10.4. The summed E-state index contributed by atoms with van der Waals surface area (Å²) in [4.78, 5) is 17.0. The van der Waals surface area contributed by atoms with Gasteiger partial charge in [0.1, 0.15) is 5.82 Å². The molecule has 6 nitrogen and oxygen atoms in total. The van der Waals surface area contributed by atoms with Gasteiger partial charge in [0.05, 0.1) is 11.4 Å². The highest BCUT2D eigenvalue weighted by Crippen LogP contribution is 2.18. The van der Waals surface area contributed by atoms with Crippen molar-refractivity contribution in [2.24, 2.45) is 0 Å². The van der Waals surface area contributed by atoms with E-state index in [2.05, 4.69) is 4.90 Å². The van der Waals surface area contributed by atoms with E-state index in [0.29, 0.717) is 26.2 Å². The van der Waals surface area contributed by atoms with Gasteiger partial charge >= 0.3 is 0 Å². The predicted molar refractivity (Wildman–Crippen MR) is 119 cm³/mol. The predicted octanol–water partition coefficient (Wildman–Crippen LogP) is 2.80. The second-order valence-corrected chi connectivity index (χ2v) is 10.2. The molecule has 0 atom stereocenters. The Morgan fingerprint density at radius 3 is 2.39 bits per heavy atom. The average molecular weight is 448 g/mol. The molecule has 0 N–H and O–H groups in total. The molecule has 0 aromatic heterocycles. The first kappa shape index (κ1) is 23.4. The van der Waals surface area contributed by atoms with Crippen LogP contribution in [-0.2, 0) is 21.4 Å². The number of carbonyl (C=O) groups is 1. The van der Waals surface area contributed by atoms with Crippen LogP contribution in [0.4, 0.5) is 4.39 Å². The van der Waals surface area contributed by atoms with Gasteiger partial charge in [0.2, 0.25) is 15.9 Å². The molecule has 0 radical (unpaired) electrons. The third-order valence-corrected chi connectivity index (χ3v) is 7.60. The van der Waals surface area contributed by atoms with Crippen molar-refractivity contribution in [1.82, 2.24) is 14.1 Å². The molecule has 0 saturated carbocycles. The summed E-state index contributed by atoms with van der Waals surface area (Å²) in [6.07, 6.45) is 0.806. The lowest BCUT2D eigenvalue weighted by atomic mass is 10.1. The van der Waals surface area contributed by atoms with E-state index in [1.807, 2.05) is 13.8 Å². The zero-order valence-corrected chi connectivity index (χ0v) is 19.2. The molecule has 31 heavy (non-hydrogen) atoms. The van der Waals surface area contributed by atoms with Gasteiger partial charge < -0.3 is 4.90 Å². The fourth-order valence-corrected chi connectivity index (χ4v) is 4.86. The maximum absolute atomic E-state index is 13.1. The average Bonchev–Trinajstić information content (AvgIpc) is 2.97. The largest absolute Gasteiger partial charge is 0.340 e. The molecule has 1 saturated heterocycles. The summed E-state index contributed by atoms with van der Waals surface area (Å²) in [7, 11) is -2.29. The number of amides is 1. The second kappa shape index (κ2) is 9.89. The van der Waals surface area contributed by atoms with Crippen LogP contribution in [0.25, 0.3) is 0 Å². The van der Waals surface area contributed by atoms with Gasteiger partial charge in [0.15, 0.2) is 0 Å². The highest BCUT2D eigenvalue weighted by Gasteiger charge is 2.26. The maximum atomic E-state index is 13.1. The number of nitrogens with zero attached hydrogens (tertiary/aromatic N) is 3. The van der Waals surface area contributed by atoms with Gasteiger partial charge in [-0.15, -0.1) is 0 Å². The molecule has 0 spiro atoms. The van der Waals surface area contributed by atoms with Crippen LogP contribution in [-0.4, -0.2) is 68.2 Å². The quantitative estimate of drug-likeness (QED) is 0.683. The molecule has 1 fully saturated rings. The van der Waals surface area contributed by atoms with Crippen LogP contribution in [0, 0.1) is 19.7 Å². The van der Waals surface area contributed by atoms with E-state index in [4.69, 9.17) is 0 Å². The Morgan fingerprint density at radius 1 is 1.00 bits per heavy atom. The number of benzene rings is 2. The lowest BCUT2D eigenvalue weighted by Crippen LogP contribution is -2.42. The molecule has 2 aromatic carbocycles. The van der Waals surface area contributed by atoms with Crippen LogP contribution in [0.1, 0.15) is 23.1 Å². The summed E-state index contributed by atoms with van der Waals surface area (Å²) >= 11 is 0. The van der Waals surface area contributed by atoms with Crippen molar-refractivity contribution >= 4 is 15.9 Å². The molecule has 0 unspecified atom stereocenters. The number of sulfonamides is 1. The van der Waals surface area contributed by atoms with E-state index in [-0.39, 0.29) is 23.2 Å². The van der Waals surface area contributed by atoms with E-state index < -0.39 is 10.0 Å². The van der Waals surface area contributed by atoms with Crippen LogP contribution in [0.5, 0.6) is 0 Å². The number of aryl methyl sites for hydroxylation is 2. The van der Waals surface area contributed by atoms with E-state index in [0.717, 1.165) is 34.0 Å². The minimum Gasteiger partial charge on any atom is -0.340 e. The number of hydrogen-bond acceptors (Lipinski definition) is 4. The molecular formula is C23H30FN3O3S. The van der Waals surface area contributed by atoms with Crippen molar-refractivity contribution < 1.29 is 17.6 Å². The molecule has 0 aliphatic carbocycles. The third-order valence-electron chi connectivity index (χ3n) is 5.81. The molecule has 8 heteroatoms. The van der Waals surface area contributed by atoms with Crippen molar-refractivity contribution in [3.63, 3.8) is 0 Å². The van der Waals surface area contributed by atoms with Crippen LogP contribution in [0.15, 0.2) is 47.4 Å². The van der Waals surface area contributed by atoms with Crippen molar-refractivity contribution in [3.05, 3.63) is 65.0 Å². The van der Waals surface area contributed by atoms with Crippen LogP contribution < -0.4 is 0 Å². The standard InChI is InChI=1S/C23H30FN3O3S/c1-18-5-10-22(15-19(18)2)31(29,30)25(3)17-23(28)27-12-4-11-26(13-14-27)16-20-6-8-21(24)9-7-20/h5-10,15H,4,11-14,16-17H2,1-3H3. The van der Waals surface area contributed by atoms with Crippen LogP contribution >= 0.6 is 0 Å². The summed E-state index contributed by atoms with van der Waals surface area (Å²) in [5.74, 6) is -0.449. The van der Waals surface area contributed by atoms with E-state index in [9.17, 15) is 17.6 Å². The molecule has 1 heterocycles. The van der Waals surface area contributed by atoms with Gasteiger partial charge in [-0.1, -0.05) is 18.2 Å². The summed E-state index contributed by atoms with van der Waals surface area (Å²) in [5, 5.41) is 0. The minimum absolute atomic E-state index is 0.187. The van der Waals surface area contributed by atoms with E-state index in [1.54, 1.807) is 35.2 Å². The highest BCUT2D eigenvalue weighted by atomic mass is 32.2. The number of rotatable bonds is 6. The first-order valence-corrected chi connectivity index (χ1v) is 11.9. The number of halogens is 1. The summed E-state index contributed by atoms with van der Waals surface area (Å²) in [6, 6.07) is 11.5. The summed E-state index contributed by atoms with van der Waals surface area (Å²) in [5.41, 5.74) is 2.95. The molecule has 1 aliphatic rings. The van der Waals surface area contributed by atoms with E-state index in [1.165, 1.54) is 19.2 Å². The second-order valence-electron chi connectivity index (χ2n) is 8.14. The first-order chi connectivity index (χ1) is 14.7. The Bertz CT molecular complexity index is 1020. The molecule has 3 rings (SSSR count). The topological polar surface area (TPSA) is 60.9 Å². The fourth-order valence-electron chi connectivity index (χ4n) is 3.66. The monoisotopic (exact) mass is 447 g/mol. The third kappa shape index (κ3) is 5.90. The number of carbonyl (C=O) groups excluding carboxylic acids is 1. The summed E-state index contributed by atoms with van der Waals surface area (Å²) in [6.45, 7) is 6.96. The van der Waals surface area contributed by atoms with Crippen molar-refractivity contribution in [2.45, 2.75) is 31.7 Å². The normalized spacial score (nSPS) is 15.8. The van der Waals surface area contributed by atoms with Gasteiger partial charge in [-0.3, -0.25) is 9.69 Å². The van der Waals surface area contributed by atoms with Gasteiger partial charge in [0.25, 0.3) is 0 Å². The molecule has 2 aromatic rings. The highest BCUT2D eigenvalue weighted by molar-refractivity contribution is 7.89. The Hall–Kier alpha value is -2.29. The maximum Gasteiger partial charge on any atom is 0.243 e. The van der Waals surface area contributed by atoms with Gasteiger partial charge in [-0.2, -0.15) is 4.31 Å². The Labute approximate surface area is 184 Å². The smallest absolute Gasteiger partial charge is 0.243 e. The van der Waals surface area contributed by atoms with Crippen molar-refractivity contribution in [3.8, 4) is 0 Å². The zero-order valence-electron chi connectivity index (χ0n) is 18.3. The van der Waals surface area contributed by atoms with Gasteiger partial charge in [-0.05, 0) is 61.2 Å². The van der Waals surface area contributed by atoms with Crippen LogP contribution in [0.3, 0.4) is 0 Å². The van der Waals surface area contributed by atoms with Crippen molar-refractivity contribution in [2.75, 3.05) is 39.8 Å². The minimum atomic E-state index is -3.73. The molecule has 168 valence electrons. The Morgan fingerprint density at radius 2 is 1.71 bits per heavy atom. The van der Waals surface area contributed by atoms with Gasteiger partial charge in [0, 0.05) is 39.8 Å². The molecule has 0 bridgehead atoms. The lowest BCUT2D eigenvalue weighted by Gasteiger charge is -2.24.